The summed E-state index contributed by atoms with van der Waals surface area (Å²) in [6, 6.07) is 13.7. The fraction of sp³-hybridized carbons (Fsp3) is 0.350. The standard InChI is InChI=1S/C20H24N4O3S/c1-15(25)21-13-17-7-8-18(28-17)20(27)22-14-19(26)24-11-9-23(10-12-24)16-5-3-2-4-6-16/h2-8H,9-14H2,1H3,(H,21,25)(H,22,27). The molecule has 1 fully saturated rings. The largest absolute Gasteiger partial charge is 0.368 e. The summed E-state index contributed by atoms with van der Waals surface area (Å²) >= 11 is 1.31. The van der Waals surface area contributed by atoms with Crippen LogP contribution in [0.5, 0.6) is 0 Å². The molecule has 3 amide bonds. The third kappa shape index (κ3) is 5.32. The third-order valence-corrected chi connectivity index (χ3v) is 5.63. The first kappa shape index (κ1) is 19.9. The highest BCUT2D eigenvalue weighted by Gasteiger charge is 2.21. The number of thiophene rings is 1. The van der Waals surface area contributed by atoms with Crippen molar-refractivity contribution in [1.29, 1.82) is 0 Å². The maximum absolute atomic E-state index is 12.4. The van der Waals surface area contributed by atoms with Gasteiger partial charge in [0.2, 0.25) is 11.8 Å². The maximum atomic E-state index is 12.4. The van der Waals surface area contributed by atoms with E-state index in [1.165, 1.54) is 18.3 Å². The van der Waals surface area contributed by atoms with Crippen LogP contribution >= 0.6 is 11.3 Å². The van der Waals surface area contributed by atoms with Gasteiger partial charge in [0.05, 0.1) is 18.0 Å². The van der Waals surface area contributed by atoms with Crippen LogP contribution in [0.1, 0.15) is 21.5 Å². The lowest BCUT2D eigenvalue weighted by molar-refractivity contribution is -0.130. The number of anilines is 1. The van der Waals surface area contributed by atoms with Crippen LogP contribution in [-0.2, 0) is 16.1 Å². The molecule has 0 aliphatic carbocycles. The van der Waals surface area contributed by atoms with Crippen LogP contribution in [0, 0.1) is 0 Å². The first-order valence-electron chi connectivity index (χ1n) is 9.22. The lowest BCUT2D eigenvalue weighted by atomic mass is 10.2. The Morgan fingerprint density at radius 1 is 0.964 bits per heavy atom. The zero-order valence-electron chi connectivity index (χ0n) is 15.8. The predicted molar refractivity (Wildman–Crippen MR) is 109 cm³/mol. The van der Waals surface area contributed by atoms with E-state index in [9.17, 15) is 14.4 Å². The SMILES string of the molecule is CC(=O)NCc1ccc(C(=O)NCC(=O)N2CCN(c3ccccc3)CC2)s1. The van der Waals surface area contributed by atoms with Crippen molar-refractivity contribution in [1.82, 2.24) is 15.5 Å². The van der Waals surface area contributed by atoms with Gasteiger partial charge in [0.1, 0.15) is 0 Å². The highest BCUT2D eigenvalue weighted by atomic mass is 32.1. The number of amides is 3. The molecular formula is C20H24N4O3S. The number of nitrogens with zero attached hydrogens (tertiary/aromatic N) is 2. The maximum Gasteiger partial charge on any atom is 0.261 e. The lowest BCUT2D eigenvalue weighted by Gasteiger charge is -2.36. The van der Waals surface area contributed by atoms with Crippen molar-refractivity contribution in [2.45, 2.75) is 13.5 Å². The van der Waals surface area contributed by atoms with Crippen LogP contribution in [0.3, 0.4) is 0 Å². The molecule has 2 aromatic rings. The molecule has 28 heavy (non-hydrogen) atoms. The van der Waals surface area contributed by atoms with Crippen molar-refractivity contribution in [3.05, 3.63) is 52.2 Å². The Labute approximate surface area is 168 Å². The Morgan fingerprint density at radius 2 is 1.68 bits per heavy atom. The molecule has 0 unspecified atom stereocenters. The lowest BCUT2D eigenvalue weighted by Crippen LogP contribution is -2.51. The van der Waals surface area contributed by atoms with Crippen LogP contribution in [-0.4, -0.2) is 55.3 Å². The van der Waals surface area contributed by atoms with Crippen LogP contribution in [0.4, 0.5) is 5.69 Å². The number of benzene rings is 1. The Hall–Kier alpha value is -2.87. The topological polar surface area (TPSA) is 81.8 Å². The van der Waals surface area contributed by atoms with Crippen LogP contribution in [0.15, 0.2) is 42.5 Å². The second-order valence-electron chi connectivity index (χ2n) is 6.56. The Kier molecular flexibility index (Phi) is 6.65. The summed E-state index contributed by atoms with van der Waals surface area (Å²) in [7, 11) is 0. The van der Waals surface area contributed by atoms with Crippen molar-refractivity contribution >= 4 is 34.7 Å². The predicted octanol–water partition coefficient (Wildman–Crippen LogP) is 1.46. The number of para-hydroxylation sites is 1. The van der Waals surface area contributed by atoms with Crippen molar-refractivity contribution in [3.63, 3.8) is 0 Å². The van der Waals surface area contributed by atoms with Crippen molar-refractivity contribution in [2.75, 3.05) is 37.6 Å². The van der Waals surface area contributed by atoms with Gasteiger partial charge in [-0.1, -0.05) is 18.2 Å². The minimum Gasteiger partial charge on any atom is -0.368 e. The molecule has 0 spiro atoms. The molecule has 1 aliphatic rings. The van der Waals surface area contributed by atoms with Crippen molar-refractivity contribution in [3.8, 4) is 0 Å². The molecule has 0 saturated carbocycles. The van der Waals surface area contributed by atoms with E-state index in [-0.39, 0.29) is 24.3 Å². The molecule has 3 rings (SSSR count). The number of carbonyl (C=O) groups excluding carboxylic acids is 3. The Balaban J connectivity index is 1.43. The van der Waals surface area contributed by atoms with E-state index in [2.05, 4.69) is 27.7 Å². The molecule has 0 bridgehead atoms. The molecule has 1 aliphatic heterocycles. The van der Waals surface area contributed by atoms with Crippen LogP contribution in [0.2, 0.25) is 0 Å². The molecule has 1 aromatic heterocycles. The smallest absolute Gasteiger partial charge is 0.261 e. The molecule has 0 radical (unpaired) electrons. The van der Waals surface area contributed by atoms with E-state index in [1.54, 1.807) is 17.0 Å². The molecule has 1 aromatic carbocycles. The molecule has 2 N–H and O–H groups in total. The fourth-order valence-corrected chi connectivity index (χ4v) is 3.88. The molecule has 8 heteroatoms. The molecule has 7 nitrogen and oxygen atoms in total. The van der Waals surface area contributed by atoms with Gasteiger partial charge in [-0.15, -0.1) is 11.3 Å². The minimum absolute atomic E-state index is 0.0108. The first-order valence-corrected chi connectivity index (χ1v) is 10.0. The van der Waals surface area contributed by atoms with Gasteiger partial charge in [0, 0.05) is 43.7 Å². The van der Waals surface area contributed by atoms with Crippen LogP contribution < -0.4 is 15.5 Å². The van der Waals surface area contributed by atoms with Crippen molar-refractivity contribution in [2.24, 2.45) is 0 Å². The number of nitrogens with one attached hydrogen (secondary N) is 2. The zero-order chi connectivity index (χ0) is 19.9. The first-order chi connectivity index (χ1) is 13.5. The van der Waals surface area contributed by atoms with E-state index in [0.717, 1.165) is 23.7 Å². The summed E-state index contributed by atoms with van der Waals surface area (Å²) in [5.74, 6) is -0.455. The van der Waals surface area contributed by atoms with E-state index < -0.39 is 0 Å². The van der Waals surface area contributed by atoms with Gasteiger partial charge in [-0.05, 0) is 24.3 Å². The summed E-state index contributed by atoms with van der Waals surface area (Å²) in [4.78, 5) is 41.1. The van der Waals surface area contributed by atoms with Gasteiger partial charge < -0.3 is 20.4 Å². The summed E-state index contributed by atoms with van der Waals surface area (Å²) in [6.45, 7) is 4.68. The number of carbonyl (C=O) groups is 3. The number of hydrogen-bond acceptors (Lipinski definition) is 5. The molecule has 1 saturated heterocycles. The van der Waals surface area contributed by atoms with Gasteiger partial charge in [-0.2, -0.15) is 0 Å². The summed E-state index contributed by atoms with van der Waals surface area (Å²) < 4.78 is 0. The Morgan fingerprint density at radius 3 is 2.36 bits per heavy atom. The zero-order valence-corrected chi connectivity index (χ0v) is 16.6. The average molecular weight is 401 g/mol. The van der Waals surface area contributed by atoms with E-state index in [1.807, 2.05) is 18.2 Å². The van der Waals surface area contributed by atoms with Gasteiger partial charge in [-0.25, -0.2) is 0 Å². The highest BCUT2D eigenvalue weighted by molar-refractivity contribution is 7.14. The second-order valence-corrected chi connectivity index (χ2v) is 7.73. The quantitative estimate of drug-likeness (QED) is 0.769. The summed E-state index contributed by atoms with van der Waals surface area (Å²) in [5.41, 5.74) is 1.16. The van der Waals surface area contributed by atoms with E-state index >= 15 is 0 Å². The number of hydrogen-bond donors (Lipinski definition) is 2. The number of piperazine rings is 1. The monoisotopic (exact) mass is 400 g/mol. The van der Waals surface area contributed by atoms with Gasteiger partial charge in [0.15, 0.2) is 0 Å². The summed E-state index contributed by atoms with van der Waals surface area (Å²) in [5, 5.41) is 5.39. The molecule has 2 heterocycles. The fourth-order valence-electron chi connectivity index (χ4n) is 3.01. The second kappa shape index (κ2) is 9.36. The molecule has 148 valence electrons. The normalized spacial score (nSPS) is 13.9. The van der Waals surface area contributed by atoms with Gasteiger partial charge in [-0.3, -0.25) is 14.4 Å². The molecule has 0 atom stereocenters. The summed E-state index contributed by atoms with van der Waals surface area (Å²) in [6.07, 6.45) is 0. The van der Waals surface area contributed by atoms with Crippen molar-refractivity contribution < 1.29 is 14.4 Å². The molecular weight excluding hydrogens is 376 g/mol. The Bertz CT molecular complexity index is 829. The van der Waals surface area contributed by atoms with E-state index in [4.69, 9.17) is 0 Å². The van der Waals surface area contributed by atoms with E-state index in [0.29, 0.717) is 24.5 Å². The number of rotatable bonds is 6. The van der Waals surface area contributed by atoms with Crippen LogP contribution in [0.25, 0.3) is 0 Å². The highest BCUT2D eigenvalue weighted by Crippen LogP contribution is 2.17. The van der Waals surface area contributed by atoms with Gasteiger partial charge >= 0.3 is 0 Å². The average Bonchev–Trinajstić information content (AvgIpc) is 3.20. The minimum atomic E-state index is -0.268. The van der Waals surface area contributed by atoms with Gasteiger partial charge in [0.25, 0.3) is 5.91 Å². The third-order valence-electron chi connectivity index (χ3n) is 4.55.